The smallest absolute Gasteiger partial charge is 0.251 e. The Hall–Kier alpha value is -1.75. The number of nitrogens with one attached hydrogen (secondary N) is 2. The lowest BCUT2D eigenvalue weighted by molar-refractivity contribution is -0.112. The van der Waals surface area contributed by atoms with Crippen LogP contribution in [0.4, 0.5) is 14.5 Å². The van der Waals surface area contributed by atoms with Crippen molar-refractivity contribution < 1.29 is 13.6 Å². The van der Waals surface area contributed by atoms with Gasteiger partial charge in [0.2, 0.25) is 0 Å². The van der Waals surface area contributed by atoms with Gasteiger partial charge in [0.15, 0.2) is 11.6 Å². The van der Waals surface area contributed by atoms with Crippen LogP contribution in [0.2, 0.25) is 0 Å². The molecule has 0 aliphatic carbocycles. The number of amides is 1. The number of rotatable bonds is 2. The standard InChI is InChI=1S/C12H12F2N2O/c1-7(8-5-15-6-8)12(17)16-9-2-3-10(13)11(14)4-9/h2-4,15H,5-6H2,1H3,(H,16,17). The van der Waals surface area contributed by atoms with Gasteiger partial charge < -0.3 is 10.6 Å². The second-order valence-corrected chi connectivity index (χ2v) is 3.92. The molecule has 17 heavy (non-hydrogen) atoms. The molecule has 1 aliphatic rings. The molecule has 5 heteroatoms. The van der Waals surface area contributed by atoms with Crippen LogP contribution in [0.25, 0.3) is 0 Å². The molecule has 0 atom stereocenters. The van der Waals surface area contributed by atoms with E-state index in [2.05, 4.69) is 10.6 Å². The van der Waals surface area contributed by atoms with Crippen LogP contribution in [0, 0.1) is 11.6 Å². The lowest BCUT2D eigenvalue weighted by Crippen LogP contribution is -2.36. The van der Waals surface area contributed by atoms with E-state index in [4.69, 9.17) is 0 Å². The lowest BCUT2D eigenvalue weighted by Gasteiger charge is -2.21. The Balaban J connectivity index is 2.10. The van der Waals surface area contributed by atoms with Crippen molar-refractivity contribution in [2.24, 2.45) is 0 Å². The van der Waals surface area contributed by atoms with E-state index in [0.717, 1.165) is 17.7 Å². The fourth-order valence-corrected chi connectivity index (χ4v) is 1.47. The minimum Gasteiger partial charge on any atom is -0.322 e. The SMILES string of the molecule is CC(C(=O)Nc1ccc(F)c(F)c1)=C1CNC1. The van der Waals surface area contributed by atoms with Crippen LogP contribution in [0.5, 0.6) is 0 Å². The van der Waals surface area contributed by atoms with E-state index in [1.807, 2.05) is 0 Å². The highest BCUT2D eigenvalue weighted by atomic mass is 19.2. The van der Waals surface area contributed by atoms with Crippen molar-refractivity contribution in [1.82, 2.24) is 5.32 Å². The van der Waals surface area contributed by atoms with Gasteiger partial charge >= 0.3 is 0 Å². The monoisotopic (exact) mass is 238 g/mol. The second kappa shape index (κ2) is 4.63. The maximum absolute atomic E-state index is 12.9. The van der Waals surface area contributed by atoms with Gasteiger partial charge in [0.25, 0.3) is 5.91 Å². The van der Waals surface area contributed by atoms with Gasteiger partial charge in [-0.15, -0.1) is 0 Å². The normalized spacial score (nSPS) is 14.2. The van der Waals surface area contributed by atoms with Crippen molar-refractivity contribution >= 4 is 11.6 Å². The fraction of sp³-hybridized carbons (Fsp3) is 0.250. The zero-order valence-electron chi connectivity index (χ0n) is 9.31. The molecule has 1 aromatic carbocycles. The van der Waals surface area contributed by atoms with Gasteiger partial charge in [-0.25, -0.2) is 8.78 Å². The highest BCUT2D eigenvalue weighted by Gasteiger charge is 2.16. The number of carbonyl (C=O) groups is 1. The predicted octanol–water partition coefficient (Wildman–Crippen LogP) is 1.82. The maximum atomic E-state index is 12.9. The van der Waals surface area contributed by atoms with Gasteiger partial charge in [-0.05, 0) is 24.6 Å². The van der Waals surface area contributed by atoms with E-state index in [9.17, 15) is 13.6 Å². The van der Waals surface area contributed by atoms with Crippen LogP contribution in [-0.2, 0) is 4.79 Å². The summed E-state index contributed by atoms with van der Waals surface area (Å²) in [5.74, 6) is -2.19. The first-order valence-corrected chi connectivity index (χ1v) is 5.23. The first-order valence-electron chi connectivity index (χ1n) is 5.23. The molecule has 2 N–H and O–H groups in total. The van der Waals surface area contributed by atoms with E-state index in [1.54, 1.807) is 6.92 Å². The Bertz CT molecular complexity index is 491. The number of hydrogen-bond donors (Lipinski definition) is 2. The molecule has 1 aromatic rings. The zero-order valence-corrected chi connectivity index (χ0v) is 9.31. The van der Waals surface area contributed by atoms with Crippen LogP contribution in [0.15, 0.2) is 29.3 Å². The van der Waals surface area contributed by atoms with Crippen molar-refractivity contribution in [3.8, 4) is 0 Å². The van der Waals surface area contributed by atoms with Crippen molar-refractivity contribution in [3.63, 3.8) is 0 Å². The summed E-state index contributed by atoms with van der Waals surface area (Å²) < 4.78 is 25.6. The maximum Gasteiger partial charge on any atom is 0.251 e. The summed E-state index contributed by atoms with van der Waals surface area (Å²) in [7, 11) is 0. The minimum absolute atomic E-state index is 0.251. The van der Waals surface area contributed by atoms with Gasteiger partial charge in [-0.3, -0.25) is 4.79 Å². The van der Waals surface area contributed by atoms with Gasteiger partial charge in [0.1, 0.15) is 0 Å². The average molecular weight is 238 g/mol. The Labute approximate surface area is 97.5 Å². The largest absolute Gasteiger partial charge is 0.322 e. The van der Waals surface area contributed by atoms with Crippen molar-refractivity contribution in [3.05, 3.63) is 41.0 Å². The summed E-state index contributed by atoms with van der Waals surface area (Å²) in [6, 6.07) is 3.27. The lowest BCUT2D eigenvalue weighted by atomic mass is 10.0. The third-order valence-corrected chi connectivity index (χ3v) is 2.73. The molecule has 0 saturated carbocycles. The summed E-state index contributed by atoms with van der Waals surface area (Å²) in [6.07, 6.45) is 0. The molecule has 0 bridgehead atoms. The molecule has 90 valence electrons. The van der Waals surface area contributed by atoms with Gasteiger partial charge in [-0.1, -0.05) is 0 Å². The van der Waals surface area contributed by atoms with Crippen LogP contribution in [0.3, 0.4) is 0 Å². The molecule has 1 saturated heterocycles. The molecule has 1 aliphatic heterocycles. The van der Waals surface area contributed by atoms with Gasteiger partial charge in [0, 0.05) is 30.4 Å². The molecular formula is C12H12F2N2O. The molecule has 0 radical (unpaired) electrons. The van der Waals surface area contributed by atoms with E-state index in [-0.39, 0.29) is 11.6 Å². The van der Waals surface area contributed by atoms with Crippen LogP contribution < -0.4 is 10.6 Å². The van der Waals surface area contributed by atoms with Crippen molar-refractivity contribution in [2.75, 3.05) is 18.4 Å². The quantitative estimate of drug-likeness (QED) is 0.772. The number of halogens is 2. The van der Waals surface area contributed by atoms with E-state index in [0.29, 0.717) is 18.7 Å². The first kappa shape index (κ1) is 11.7. The average Bonchev–Trinajstić information content (AvgIpc) is 2.21. The Morgan fingerprint density at radius 1 is 1.29 bits per heavy atom. The van der Waals surface area contributed by atoms with Crippen LogP contribution in [0.1, 0.15) is 6.92 Å². The molecule has 1 amide bonds. The molecule has 3 nitrogen and oxygen atoms in total. The van der Waals surface area contributed by atoms with E-state index < -0.39 is 11.6 Å². The third-order valence-electron chi connectivity index (χ3n) is 2.73. The van der Waals surface area contributed by atoms with Crippen LogP contribution >= 0.6 is 0 Å². The molecule has 0 aromatic heterocycles. The van der Waals surface area contributed by atoms with E-state index >= 15 is 0 Å². The molecule has 0 spiro atoms. The summed E-state index contributed by atoms with van der Waals surface area (Å²) in [5.41, 5.74) is 1.90. The summed E-state index contributed by atoms with van der Waals surface area (Å²) in [5, 5.41) is 5.56. The van der Waals surface area contributed by atoms with Gasteiger partial charge in [0.05, 0.1) is 0 Å². The Morgan fingerprint density at radius 2 is 2.00 bits per heavy atom. The molecule has 0 unspecified atom stereocenters. The molecule has 1 heterocycles. The first-order chi connectivity index (χ1) is 8.08. The topological polar surface area (TPSA) is 41.1 Å². The van der Waals surface area contributed by atoms with Crippen molar-refractivity contribution in [1.29, 1.82) is 0 Å². The Kier molecular flexibility index (Phi) is 3.19. The summed E-state index contributed by atoms with van der Waals surface area (Å²) in [6.45, 7) is 3.12. The highest BCUT2D eigenvalue weighted by molar-refractivity contribution is 6.04. The minimum atomic E-state index is -0.974. The fourth-order valence-electron chi connectivity index (χ4n) is 1.47. The number of hydrogen-bond acceptors (Lipinski definition) is 2. The van der Waals surface area contributed by atoms with E-state index in [1.165, 1.54) is 6.07 Å². The third kappa shape index (κ3) is 2.50. The Morgan fingerprint density at radius 3 is 2.53 bits per heavy atom. The number of carbonyl (C=O) groups excluding carboxylic acids is 1. The second-order valence-electron chi connectivity index (χ2n) is 3.92. The van der Waals surface area contributed by atoms with Crippen molar-refractivity contribution in [2.45, 2.75) is 6.92 Å². The molecule has 2 rings (SSSR count). The predicted molar refractivity (Wildman–Crippen MR) is 60.6 cm³/mol. The van der Waals surface area contributed by atoms with Gasteiger partial charge in [-0.2, -0.15) is 0 Å². The summed E-state index contributed by atoms with van der Waals surface area (Å²) in [4.78, 5) is 11.7. The molecule has 1 fully saturated rings. The zero-order chi connectivity index (χ0) is 12.4. The number of anilines is 1. The van der Waals surface area contributed by atoms with Crippen LogP contribution in [-0.4, -0.2) is 19.0 Å². The molecular weight excluding hydrogens is 226 g/mol. The highest BCUT2D eigenvalue weighted by Crippen LogP contribution is 2.15. The number of benzene rings is 1. The summed E-state index contributed by atoms with van der Waals surface area (Å²) >= 11 is 0.